The van der Waals surface area contributed by atoms with Gasteiger partial charge in [-0.1, -0.05) is 20.8 Å². The maximum absolute atomic E-state index is 6.00. The van der Waals surface area contributed by atoms with Crippen LogP contribution in [0.25, 0.3) is 0 Å². The van der Waals surface area contributed by atoms with Gasteiger partial charge in [0.05, 0.1) is 12.7 Å². The van der Waals surface area contributed by atoms with Crippen molar-refractivity contribution < 1.29 is 4.74 Å². The van der Waals surface area contributed by atoms with Crippen molar-refractivity contribution >= 4 is 0 Å². The second kappa shape index (κ2) is 9.09. The molecule has 0 bridgehead atoms. The van der Waals surface area contributed by atoms with Crippen molar-refractivity contribution in [2.75, 3.05) is 52.4 Å². The number of ether oxygens (including phenoxy) is 1. The van der Waals surface area contributed by atoms with Crippen LogP contribution in [-0.2, 0) is 4.74 Å². The largest absolute Gasteiger partial charge is 0.377 e. The molecular weight excluding hydrogens is 262 g/mol. The predicted molar refractivity (Wildman–Crippen MR) is 88.8 cm³/mol. The van der Waals surface area contributed by atoms with Crippen LogP contribution in [0, 0.1) is 5.92 Å². The molecule has 0 aromatic carbocycles. The Bertz CT molecular complexity index is 271. The molecule has 1 aliphatic heterocycles. The van der Waals surface area contributed by atoms with E-state index in [1.54, 1.807) is 0 Å². The SMILES string of the molecule is CCCN1CCN(CCOC2CC(NCC(C)C)C2)CC1. The van der Waals surface area contributed by atoms with E-state index in [-0.39, 0.29) is 0 Å². The second-order valence-corrected chi connectivity index (χ2v) is 7.15. The molecule has 0 radical (unpaired) electrons. The average Bonchev–Trinajstić information content (AvgIpc) is 2.42. The molecule has 1 heterocycles. The zero-order chi connectivity index (χ0) is 15.1. The lowest BCUT2D eigenvalue weighted by molar-refractivity contribution is -0.0281. The van der Waals surface area contributed by atoms with E-state index in [0.29, 0.717) is 12.1 Å². The van der Waals surface area contributed by atoms with Gasteiger partial charge in [0.1, 0.15) is 0 Å². The summed E-state index contributed by atoms with van der Waals surface area (Å²) in [5.41, 5.74) is 0. The van der Waals surface area contributed by atoms with Crippen LogP contribution in [0.3, 0.4) is 0 Å². The number of nitrogens with zero attached hydrogens (tertiary/aromatic N) is 2. The van der Waals surface area contributed by atoms with E-state index in [1.165, 1.54) is 52.0 Å². The number of nitrogens with one attached hydrogen (secondary N) is 1. The van der Waals surface area contributed by atoms with Crippen LogP contribution in [0.1, 0.15) is 40.0 Å². The summed E-state index contributed by atoms with van der Waals surface area (Å²) in [6.07, 6.45) is 4.20. The molecule has 2 aliphatic rings. The van der Waals surface area contributed by atoms with E-state index in [2.05, 4.69) is 35.9 Å². The van der Waals surface area contributed by atoms with Crippen molar-refractivity contribution in [3.8, 4) is 0 Å². The van der Waals surface area contributed by atoms with E-state index in [4.69, 9.17) is 4.74 Å². The van der Waals surface area contributed by atoms with Gasteiger partial charge in [0.25, 0.3) is 0 Å². The Hall–Kier alpha value is -0.160. The maximum atomic E-state index is 6.00. The third-order valence-corrected chi connectivity index (χ3v) is 4.68. The van der Waals surface area contributed by atoms with Crippen LogP contribution in [0.5, 0.6) is 0 Å². The van der Waals surface area contributed by atoms with Crippen molar-refractivity contribution in [2.24, 2.45) is 5.92 Å². The molecule has 0 atom stereocenters. The van der Waals surface area contributed by atoms with E-state index < -0.39 is 0 Å². The number of hydrogen-bond donors (Lipinski definition) is 1. The van der Waals surface area contributed by atoms with E-state index in [1.807, 2.05) is 0 Å². The molecule has 1 aliphatic carbocycles. The van der Waals surface area contributed by atoms with E-state index in [0.717, 1.165) is 25.6 Å². The first-order valence-electron chi connectivity index (χ1n) is 8.97. The van der Waals surface area contributed by atoms with E-state index in [9.17, 15) is 0 Å². The molecule has 21 heavy (non-hydrogen) atoms. The first-order chi connectivity index (χ1) is 10.2. The lowest BCUT2D eigenvalue weighted by Crippen LogP contribution is -2.49. The van der Waals surface area contributed by atoms with Crippen molar-refractivity contribution in [1.29, 1.82) is 0 Å². The molecule has 0 unspecified atom stereocenters. The number of rotatable bonds is 9. The summed E-state index contributed by atoms with van der Waals surface area (Å²) in [6.45, 7) is 16.1. The summed E-state index contributed by atoms with van der Waals surface area (Å²) in [5, 5.41) is 3.61. The van der Waals surface area contributed by atoms with Gasteiger partial charge >= 0.3 is 0 Å². The summed E-state index contributed by atoms with van der Waals surface area (Å²) >= 11 is 0. The van der Waals surface area contributed by atoms with Gasteiger partial charge in [-0.05, 0) is 38.3 Å². The third kappa shape index (κ3) is 6.23. The van der Waals surface area contributed by atoms with Gasteiger partial charge in [0.15, 0.2) is 0 Å². The summed E-state index contributed by atoms with van der Waals surface area (Å²) in [6, 6.07) is 0.704. The van der Waals surface area contributed by atoms with Crippen LogP contribution < -0.4 is 5.32 Å². The van der Waals surface area contributed by atoms with Crippen molar-refractivity contribution in [1.82, 2.24) is 15.1 Å². The molecule has 0 aromatic heterocycles. The minimum absolute atomic E-state index is 0.510. The fraction of sp³-hybridized carbons (Fsp3) is 1.00. The molecule has 124 valence electrons. The second-order valence-electron chi connectivity index (χ2n) is 7.15. The molecule has 0 aromatic rings. The molecule has 0 spiro atoms. The zero-order valence-corrected chi connectivity index (χ0v) is 14.3. The fourth-order valence-electron chi connectivity index (χ4n) is 3.17. The summed E-state index contributed by atoms with van der Waals surface area (Å²) < 4.78 is 6.00. The maximum Gasteiger partial charge on any atom is 0.0605 e. The van der Waals surface area contributed by atoms with Crippen LogP contribution in [-0.4, -0.2) is 74.4 Å². The molecule has 2 fully saturated rings. The molecule has 0 amide bonds. The Labute approximate surface area is 131 Å². The number of piperazine rings is 1. The highest BCUT2D eigenvalue weighted by atomic mass is 16.5. The first-order valence-corrected chi connectivity index (χ1v) is 8.97. The van der Waals surface area contributed by atoms with Gasteiger partial charge in [-0.15, -0.1) is 0 Å². The zero-order valence-electron chi connectivity index (χ0n) is 14.3. The minimum atomic E-state index is 0.510. The Morgan fingerprint density at radius 2 is 1.67 bits per heavy atom. The Morgan fingerprint density at radius 1 is 1.05 bits per heavy atom. The van der Waals surface area contributed by atoms with Gasteiger partial charge in [-0.3, -0.25) is 4.90 Å². The standard InChI is InChI=1S/C17H35N3O/c1-4-5-19-6-8-20(9-7-19)10-11-21-17-12-16(13-17)18-14-15(2)3/h15-18H,4-14H2,1-3H3. The molecule has 1 saturated heterocycles. The fourth-order valence-corrected chi connectivity index (χ4v) is 3.17. The monoisotopic (exact) mass is 297 g/mol. The van der Waals surface area contributed by atoms with Crippen LogP contribution in [0.15, 0.2) is 0 Å². The van der Waals surface area contributed by atoms with Gasteiger partial charge in [-0.2, -0.15) is 0 Å². The molecule has 4 nitrogen and oxygen atoms in total. The quantitative estimate of drug-likeness (QED) is 0.702. The van der Waals surface area contributed by atoms with Gasteiger partial charge < -0.3 is 15.0 Å². The Morgan fingerprint density at radius 3 is 2.24 bits per heavy atom. The topological polar surface area (TPSA) is 27.7 Å². The smallest absolute Gasteiger partial charge is 0.0605 e. The van der Waals surface area contributed by atoms with Crippen molar-refractivity contribution in [2.45, 2.75) is 52.2 Å². The van der Waals surface area contributed by atoms with Crippen LogP contribution in [0.4, 0.5) is 0 Å². The summed E-state index contributed by atoms with van der Waals surface area (Å²) in [7, 11) is 0. The van der Waals surface area contributed by atoms with Crippen LogP contribution >= 0.6 is 0 Å². The normalized spacial score (nSPS) is 28.0. The highest BCUT2D eigenvalue weighted by Gasteiger charge is 2.29. The lowest BCUT2D eigenvalue weighted by atomic mass is 9.89. The molecule has 1 N–H and O–H groups in total. The third-order valence-electron chi connectivity index (χ3n) is 4.68. The van der Waals surface area contributed by atoms with Gasteiger partial charge in [0.2, 0.25) is 0 Å². The van der Waals surface area contributed by atoms with Crippen LogP contribution in [0.2, 0.25) is 0 Å². The predicted octanol–water partition coefficient (Wildman–Crippen LogP) is 1.81. The lowest BCUT2D eigenvalue weighted by Gasteiger charge is -2.38. The summed E-state index contributed by atoms with van der Waals surface area (Å²) in [4.78, 5) is 5.13. The molecule has 4 heteroatoms. The highest BCUT2D eigenvalue weighted by molar-refractivity contribution is 4.86. The minimum Gasteiger partial charge on any atom is -0.377 e. The molecule has 1 saturated carbocycles. The first kappa shape index (κ1) is 17.2. The highest BCUT2D eigenvalue weighted by Crippen LogP contribution is 2.23. The van der Waals surface area contributed by atoms with E-state index >= 15 is 0 Å². The average molecular weight is 297 g/mol. The van der Waals surface area contributed by atoms with Gasteiger partial charge in [0, 0.05) is 38.8 Å². The molecule has 2 rings (SSSR count). The summed E-state index contributed by atoms with van der Waals surface area (Å²) in [5.74, 6) is 0.747. The number of hydrogen-bond acceptors (Lipinski definition) is 4. The van der Waals surface area contributed by atoms with Crippen molar-refractivity contribution in [3.05, 3.63) is 0 Å². The Balaban J connectivity index is 1.45. The van der Waals surface area contributed by atoms with Gasteiger partial charge in [-0.25, -0.2) is 0 Å². The Kier molecular flexibility index (Phi) is 7.44. The van der Waals surface area contributed by atoms with Crippen molar-refractivity contribution in [3.63, 3.8) is 0 Å². The molecular formula is C17H35N3O.